The van der Waals surface area contributed by atoms with Gasteiger partial charge in [0.1, 0.15) is 11.3 Å². The topological polar surface area (TPSA) is 71.7 Å². The molecule has 0 saturated carbocycles. The van der Waals surface area contributed by atoms with E-state index in [2.05, 4.69) is 4.99 Å². The van der Waals surface area contributed by atoms with Gasteiger partial charge >= 0.3 is 0 Å². The second-order valence-corrected chi connectivity index (χ2v) is 7.81. The summed E-state index contributed by atoms with van der Waals surface area (Å²) in [6.07, 6.45) is 1.54. The summed E-state index contributed by atoms with van der Waals surface area (Å²) in [4.78, 5) is 16.8. The lowest BCUT2D eigenvalue weighted by Crippen LogP contribution is -2.38. The average Bonchev–Trinajstić information content (AvgIpc) is 2.55. The molecular weight excluding hydrogens is 345 g/mol. The fourth-order valence-electron chi connectivity index (χ4n) is 2.15. The Morgan fingerprint density at radius 3 is 2.44 bits per heavy atom. The Balaban J connectivity index is 2.28. The lowest BCUT2D eigenvalue weighted by Gasteiger charge is -2.17. The van der Waals surface area contributed by atoms with Crippen molar-refractivity contribution >= 4 is 15.9 Å². The summed E-state index contributed by atoms with van der Waals surface area (Å²) < 4.78 is 40.2. The third-order valence-corrected chi connectivity index (χ3v) is 5.19. The lowest BCUT2D eigenvalue weighted by atomic mass is 10.4. The molecule has 0 aliphatic heterocycles. The van der Waals surface area contributed by atoms with Gasteiger partial charge in [0.2, 0.25) is 15.9 Å². The van der Waals surface area contributed by atoms with Gasteiger partial charge in [-0.3, -0.25) is 14.4 Å². The molecule has 0 aliphatic carbocycles. The van der Waals surface area contributed by atoms with Crippen molar-refractivity contribution in [2.45, 2.75) is 24.8 Å². The minimum atomic E-state index is -3.89. The van der Waals surface area contributed by atoms with E-state index in [4.69, 9.17) is 0 Å². The number of pyridine rings is 1. The van der Waals surface area contributed by atoms with Gasteiger partial charge in [0.05, 0.1) is 11.4 Å². The van der Waals surface area contributed by atoms with Crippen molar-refractivity contribution < 1.29 is 17.6 Å². The van der Waals surface area contributed by atoms with E-state index >= 15 is 0 Å². The SMILES string of the molecule is CC(C)N=c1ccccn1C(=O)CN(C)S(=O)(=O)c1ccc(F)cc1. The van der Waals surface area contributed by atoms with Gasteiger partial charge in [0.25, 0.3) is 0 Å². The zero-order valence-electron chi connectivity index (χ0n) is 14.3. The number of carbonyl (C=O) groups excluding carboxylic acids is 1. The monoisotopic (exact) mass is 365 g/mol. The number of hydrogen-bond donors (Lipinski definition) is 0. The largest absolute Gasteiger partial charge is 0.273 e. The van der Waals surface area contributed by atoms with Crippen LogP contribution in [0, 0.1) is 5.82 Å². The molecule has 0 aliphatic rings. The van der Waals surface area contributed by atoms with E-state index in [1.165, 1.54) is 23.7 Å². The second-order valence-electron chi connectivity index (χ2n) is 5.76. The molecule has 0 N–H and O–H groups in total. The Kier molecular flexibility index (Phi) is 5.86. The van der Waals surface area contributed by atoms with E-state index in [1.54, 1.807) is 24.4 Å². The fourth-order valence-corrected chi connectivity index (χ4v) is 3.27. The number of rotatable bonds is 5. The molecule has 1 aromatic carbocycles. The van der Waals surface area contributed by atoms with Crippen LogP contribution in [0.15, 0.2) is 58.5 Å². The van der Waals surface area contributed by atoms with Crippen LogP contribution in [-0.4, -0.2) is 42.8 Å². The highest BCUT2D eigenvalue weighted by molar-refractivity contribution is 7.89. The summed E-state index contributed by atoms with van der Waals surface area (Å²) >= 11 is 0. The molecule has 1 aromatic heterocycles. The van der Waals surface area contributed by atoms with E-state index < -0.39 is 21.7 Å². The van der Waals surface area contributed by atoms with Crippen LogP contribution >= 0.6 is 0 Å². The van der Waals surface area contributed by atoms with Crippen molar-refractivity contribution in [1.82, 2.24) is 8.87 Å². The van der Waals surface area contributed by atoms with Crippen LogP contribution in [-0.2, 0) is 10.0 Å². The van der Waals surface area contributed by atoms with Gasteiger partial charge in [0.15, 0.2) is 0 Å². The van der Waals surface area contributed by atoms with Gasteiger partial charge in [0, 0.05) is 19.3 Å². The molecule has 0 amide bonds. The van der Waals surface area contributed by atoms with Crippen LogP contribution in [0.4, 0.5) is 4.39 Å². The van der Waals surface area contributed by atoms with Crippen LogP contribution in [0.25, 0.3) is 0 Å². The van der Waals surface area contributed by atoms with Gasteiger partial charge in [-0.15, -0.1) is 0 Å². The average molecular weight is 365 g/mol. The Bertz CT molecular complexity index is 919. The summed E-state index contributed by atoms with van der Waals surface area (Å²) in [5, 5.41) is 0. The van der Waals surface area contributed by atoms with Gasteiger partial charge in [-0.1, -0.05) is 6.07 Å². The summed E-state index contributed by atoms with van der Waals surface area (Å²) in [6, 6.07) is 9.56. The quantitative estimate of drug-likeness (QED) is 0.812. The molecule has 2 rings (SSSR count). The van der Waals surface area contributed by atoms with Gasteiger partial charge < -0.3 is 0 Å². The molecule has 6 nitrogen and oxygen atoms in total. The van der Waals surface area contributed by atoms with E-state index in [0.717, 1.165) is 16.4 Å². The third-order valence-electron chi connectivity index (χ3n) is 3.38. The van der Waals surface area contributed by atoms with E-state index in [-0.39, 0.29) is 17.5 Å². The molecule has 0 spiro atoms. The molecule has 0 atom stereocenters. The number of carbonyl (C=O) groups is 1. The molecule has 0 bridgehead atoms. The molecule has 1 heterocycles. The number of halogens is 1. The standard InChI is InChI=1S/C17H20FN3O3S/c1-13(2)19-16-6-4-5-11-21(16)17(22)12-20(3)25(23,24)15-9-7-14(18)8-10-15/h4-11,13H,12H2,1-3H3. The van der Waals surface area contributed by atoms with Crippen molar-refractivity contribution in [2.75, 3.05) is 13.6 Å². The minimum absolute atomic E-state index is 0.0119. The molecule has 8 heteroatoms. The first-order valence-electron chi connectivity index (χ1n) is 7.68. The zero-order chi connectivity index (χ0) is 18.6. The Labute approximate surface area is 146 Å². The summed E-state index contributed by atoms with van der Waals surface area (Å²) in [7, 11) is -2.59. The van der Waals surface area contributed by atoms with Crippen LogP contribution in [0.1, 0.15) is 18.6 Å². The first kappa shape index (κ1) is 19.0. The van der Waals surface area contributed by atoms with E-state index in [0.29, 0.717) is 5.49 Å². The van der Waals surface area contributed by atoms with Gasteiger partial charge in [-0.05, 0) is 50.2 Å². The van der Waals surface area contributed by atoms with Gasteiger partial charge in [-0.25, -0.2) is 12.8 Å². The minimum Gasteiger partial charge on any atom is -0.273 e. The highest BCUT2D eigenvalue weighted by atomic mass is 32.2. The number of aromatic nitrogens is 1. The Morgan fingerprint density at radius 1 is 1.20 bits per heavy atom. The summed E-state index contributed by atoms with van der Waals surface area (Å²) in [5.74, 6) is -0.967. The highest BCUT2D eigenvalue weighted by Crippen LogP contribution is 2.14. The van der Waals surface area contributed by atoms with Crippen molar-refractivity contribution in [3.05, 3.63) is 60.0 Å². The highest BCUT2D eigenvalue weighted by Gasteiger charge is 2.23. The number of likely N-dealkylation sites (N-methyl/N-ethyl adjacent to an activating group) is 1. The molecule has 0 fully saturated rings. The molecule has 0 radical (unpaired) electrons. The maximum Gasteiger partial charge on any atom is 0.247 e. The maximum absolute atomic E-state index is 13.0. The van der Waals surface area contributed by atoms with Crippen LogP contribution in [0.3, 0.4) is 0 Å². The molecule has 2 aromatic rings. The van der Waals surface area contributed by atoms with Crippen molar-refractivity contribution in [3.63, 3.8) is 0 Å². The summed E-state index contributed by atoms with van der Waals surface area (Å²) in [5.41, 5.74) is 0.454. The lowest BCUT2D eigenvalue weighted by molar-refractivity contribution is 0.0887. The van der Waals surface area contributed by atoms with Gasteiger partial charge in [-0.2, -0.15) is 4.31 Å². The number of hydrogen-bond acceptors (Lipinski definition) is 4. The Morgan fingerprint density at radius 2 is 1.84 bits per heavy atom. The smallest absolute Gasteiger partial charge is 0.247 e. The third kappa shape index (κ3) is 4.61. The molecular formula is C17H20FN3O3S. The predicted octanol–water partition coefficient (Wildman–Crippen LogP) is 1.90. The predicted molar refractivity (Wildman–Crippen MR) is 92.0 cm³/mol. The normalized spacial score (nSPS) is 12.8. The zero-order valence-corrected chi connectivity index (χ0v) is 15.1. The fraction of sp³-hybridized carbons (Fsp3) is 0.294. The molecule has 0 unspecified atom stereocenters. The first-order chi connectivity index (χ1) is 11.7. The maximum atomic E-state index is 13.0. The second kappa shape index (κ2) is 7.71. The van der Waals surface area contributed by atoms with Crippen LogP contribution in [0.5, 0.6) is 0 Å². The van der Waals surface area contributed by atoms with Crippen molar-refractivity contribution in [3.8, 4) is 0 Å². The van der Waals surface area contributed by atoms with Crippen LogP contribution < -0.4 is 5.49 Å². The number of benzene rings is 1. The molecule has 25 heavy (non-hydrogen) atoms. The first-order valence-corrected chi connectivity index (χ1v) is 9.12. The van der Waals surface area contributed by atoms with Crippen LogP contribution in [0.2, 0.25) is 0 Å². The van der Waals surface area contributed by atoms with E-state index in [1.807, 2.05) is 13.8 Å². The van der Waals surface area contributed by atoms with E-state index in [9.17, 15) is 17.6 Å². The van der Waals surface area contributed by atoms with Crippen molar-refractivity contribution in [2.24, 2.45) is 4.99 Å². The summed E-state index contributed by atoms with van der Waals surface area (Å²) in [6.45, 7) is 3.40. The Hall–Kier alpha value is -2.32. The molecule has 134 valence electrons. The van der Waals surface area contributed by atoms with Crippen molar-refractivity contribution in [1.29, 1.82) is 0 Å². The number of nitrogens with zero attached hydrogens (tertiary/aromatic N) is 3. The molecule has 0 saturated heterocycles. The number of sulfonamides is 1.